The second-order valence-electron chi connectivity index (χ2n) is 8.49. The van der Waals surface area contributed by atoms with Gasteiger partial charge in [0.1, 0.15) is 18.1 Å². The number of carboxylic acid groups (broad SMARTS) is 2. The lowest BCUT2D eigenvalue weighted by atomic mass is 9.96. The predicted octanol–water partition coefficient (Wildman–Crippen LogP) is -1.00. The van der Waals surface area contributed by atoms with Crippen molar-refractivity contribution >= 4 is 29.7 Å². The molecule has 5 unspecified atom stereocenters. The Balaban J connectivity index is 3.09. The van der Waals surface area contributed by atoms with Gasteiger partial charge in [-0.3, -0.25) is 19.2 Å². The highest BCUT2D eigenvalue weighted by Crippen LogP contribution is 2.11. The molecule has 0 fully saturated rings. The molecule has 0 aliphatic rings. The highest BCUT2D eigenvalue weighted by molar-refractivity contribution is 5.95. The van der Waals surface area contributed by atoms with Gasteiger partial charge in [-0.25, -0.2) is 9.78 Å². The van der Waals surface area contributed by atoms with Crippen LogP contribution in [-0.2, 0) is 30.4 Å². The molecule has 0 radical (unpaired) electrons. The van der Waals surface area contributed by atoms with Crippen molar-refractivity contribution in [1.29, 1.82) is 0 Å². The van der Waals surface area contributed by atoms with E-state index in [-0.39, 0.29) is 12.3 Å². The van der Waals surface area contributed by atoms with Gasteiger partial charge >= 0.3 is 11.9 Å². The number of aromatic nitrogens is 2. The van der Waals surface area contributed by atoms with Gasteiger partial charge in [0.15, 0.2) is 0 Å². The SMILES string of the molecule is CCC(C)C(NC(=O)C(N)CC(=O)O)C(=O)NC(Cc1cnc[nH]1)C(=O)NC(C(=O)O)C(C)C. The number of nitrogens with zero attached hydrogens (tertiary/aromatic N) is 1. The van der Waals surface area contributed by atoms with E-state index in [9.17, 15) is 29.1 Å². The number of nitrogens with one attached hydrogen (secondary N) is 4. The van der Waals surface area contributed by atoms with Gasteiger partial charge in [0, 0.05) is 18.3 Å². The van der Waals surface area contributed by atoms with Crippen LogP contribution in [-0.4, -0.2) is 74.0 Å². The monoisotopic (exact) mass is 482 g/mol. The largest absolute Gasteiger partial charge is 0.481 e. The maximum absolute atomic E-state index is 13.1. The van der Waals surface area contributed by atoms with Crippen molar-refractivity contribution < 1.29 is 34.2 Å². The minimum atomic E-state index is -1.36. The molecule has 190 valence electrons. The molecule has 1 heterocycles. The number of aliphatic carboxylic acids is 2. The van der Waals surface area contributed by atoms with Gasteiger partial charge in [-0.2, -0.15) is 0 Å². The van der Waals surface area contributed by atoms with Crippen molar-refractivity contribution in [3.8, 4) is 0 Å². The zero-order valence-corrected chi connectivity index (χ0v) is 19.7. The van der Waals surface area contributed by atoms with Gasteiger partial charge in [0.25, 0.3) is 0 Å². The molecule has 0 bridgehead atoms. The third kappa shape index (κ3) is 8.81. The summed E-state index contributed by atoms with van der Waals surface area (Å²) in [6.45, 7) is 6.77. The van der Waals surface area contributed by atoms with Crippen molar-refractivity contribution in [2.24, 2.45) is 17.6 Å². The van der Waals surface area contributed by atoms with E-state index in [2.05, 4.69) is 25.9 Å². The number of aromatic amines is 1. The van der Waals surface area contributed by atoms with E-state index in [1.54, 1.807) is 27.7 Å². The van der Waals surface area contributed by atoms with Crippen molar-refractivity contribution in [3.05, 3.63) is 18.2 Å². The van der Waals surface area contributed by atoms with Gasteiger partial charge in [0.2, 0.25) is 17.7 Å². The van der Waals surface area contributed by atoms with Crippen molar-refractivity contribution in [3.63, 3.8) is 0 Å². The maximum atomic E-state index is 13.1. The van der Waals surface area contributed by atoms with Gasteiger partial charge in [0.05, 0.1) is 18.8 Å². The van der Waals surface area contributed by atoms with E-state index < -0.39 is 66.2 Å². The molecule has 8 N–H and O–H groups in total. The number of hydrogen-bond donors (Lipinski definition) is 7. The standard InChI is InChI=1S/C21H34N6O7/c1-5-11(4)17(27-18(30)13(22)7-15(28)29)20(32)25-14(6-12-8-23-9-24-12)19(31)26-16(10(2)3)21(33)34/h8-11,13-14,16-17H,5-7,22H2,1-4H3,(H,23,24)(H,25,32)(H,26,31)(H,27,30)(H,28,29)(H,33,34). The smallest absolute Gasteiger partial charge is 0.326 e. The number of carbonyl (C=O) groups excluding carboxylic acids is 3. The predicted molar refractivity (Wildman–Crippen MR) is 120 cm³/mol. The molecule has 34 heavy (non-hydrogen) atoms. The van der Waals surface area contributed by atoms with Crippen LogP contribution in [0, 0.1) is 11.8 Å². The summed E-state index contributed by atoms with van der Waals surface area (Å²) >= 11 is 0. The minimum Gasteiger partial charge on any atom is -0.481 e. The normalized spacial score (nSPS) is 15.5. The fourth-order valence-corrected chi connectivity index (χ4v) is 3.10. The summed E-state index contributed by atoms with van der Waals surface area (Å²) < 4.78 is 0. The zero-order chi connectivity index (χ0) is 26.0. The first-order valence-corrected chi connectivity index (χ1v) is 11.0. The third-order valence-electron chi connectivity index (χ3n) is 5.37. The Labute approximate surface area is 197 Å². The number of hydrogen-bond acceptors (Lipinski definition) is 7. The Bertz CT molecular complexity index is 858. The fraction of sp³-hybridized carbons (Fsp3) is 0.619. The summed E-state index contributed by atoms with van der Waals surface area (Å²) in [5, 5.41) is 25.7. The van der Waals surface area contributed by atoms with Crippen molar-refractivity contribution in [2.75, 3.05) is 0 Å². The summed E-state index contributed by atoms with van der Waals surface area (Å²) in [7, 11) is 0. The molecule has 0 saturated carbocycles. The van der Waals surface area contributed by atoms with Gasteiger partial charge in [-0.05, 0) is 11.8 Å². The first kappa shape index (κ1) is 28.6. The summed E-state index contributed by atoms with van der Waals surface area (Å²) in [5.41, 5.74) is 6.12. The maximum Gasteiger partial charge on any atom is 0.326 e. The van der Waals surface area contributed by atoms with Crippen molar-refractivity contribution in [1.82, 2.24) is 25.9 Å². The second kappa shape index (κ2) is 13.3. The van der Waals surface area contributed by atoms with Crippen LogP contribution in [0.4, 0.5) is 0 Å². The first-order chi connectivity index (χ1) is 15.9. The Hall–Kier alpha value is -3.48. The van der Waals surface area contributed by atoms with E-state index in [1.165, 1.54) is 12.5 Å². The van der Waals surface area contributed by atoms with E-state index in [0.717, 1.165) is 0 Å². The highest BCUT2D eigenvalue weighted by Gasteiger charge is 2.33. The number of rotatable bonds is 14. The molecular formula is C21H34N6O7. The van der Waals surface area contributed by atoms with Crippen LogP contribution in [0.2, 0.25) is 0 Å². The third-order valence-corrected chi connectivity index (χ3v) is 5.37. The Kier molecular flexibility index (Phi) is 11.2. The molecule has 13 nitrogen and oxygen atoms in total. The Morgan fingerprint density at radius 3 is 2.09 bits per heavy atom. The number of imidazole rings is 1. The molecule has 1 rings (SSSR count). The van der Waals surface area contributed by atoms with Gasteiger partial charge in [-0.1, -0.05) is 34.1 Å². The average molecular weight is 483 g/mol. The highest BCUT2D eigenvalue weighted by atomic mass is 16.4. The molecule has 0 aromatic carbocycles. The van der Waals surface area contributed by atoms with E-state index >= 15 is 0 Å². The molecular weight excluding hydrogens is 448 g/mol. The molecule has 0 aliphatic carbocycles. The average Bonchev–Trinajstić information content (AvgIpc) is 3.26. The lowest BCUT2D eigenvalue weighted by Gasteiger charge is -2.28. The number of H-pyrrole nitrogens is 1. The molecule has 1 aromatic heterocycles. The zero-order valence-electron chi connectivity index (χ0n) is 19.7. The molecule has 5 atom stereocenters. The summed E-state index contributed by atoms with van der Waals surface area (Å²) in [6, 6.07) is -4.81. The minimum absolute atomic E-state index is 0.0122. The first-order valence-electron chi connectivity index (χ1n) is 11.0. The Morgan fingerprint density at radius 1 is 1.00 bits per heavy atom. The number of carbonyl (C=O) groups is 5. The van der Waals surface area contributed by atoms with Crippen LogP contribution in [0.15, 0.2) is 12.5 Å². The molecule has 0 aliphatic heterocycles. The molecule has 0 spiro atoms. The number of nitrogens with two attached hydrogens (primary N) is 1. The molecule has 0 saturated heterocycles. The van der Waals surface area contributed by atoms with Crippen LogP contribution < -0.4 is 21.7 Å². The fourth-order valence-electron chi connectivity index (χ4n) is 3.10. The molecule has 13 heteroatoms. The van der Waals surface area contributed by atoms with Crippen LogP contribution in [0.3, 0.4) is 0 Å². The molecule has 3 amide bonds. The summed E-state index contributed by atoms with van der Waals surface area (Å²) in [6.07, 6.45) is 2.71. The summed E-state index contributed by atoms with van der Waals surface area (Å²) in [5.74, 6) is -5.49. The molecule has 1 aromatic rings. The number of amides is 3. The topological polar surface area (TPSA) is 217 Å². The van der Waals surface area contributed by atoms with Crippen LogP contribution in [0.5, 0.6) is 0 Å². The van der Waals surface area contributed by atoms with E-state index in [0.29, 0.717) is 12.1 Å². The summed E-state index contributed by atoms with van der Waals surface area (Å²) in [4.78, 5) is 67.5. The van der Waals surface area contributed by atoms with E-state index in [1.807, 2.05) is 0 Å². The van der Waals surface area contributed by atoms with Crippen molar-refractivity contribution in [2.45, 2.75) is 71.1 Å². The Morgan fingerprint density at radius 2 is 1.62 bits per heavy atom. The van der Waals surface area contributed by atoms with Gasteiger partial charge in [-0.15, -0.1) is 0 Å². The number of carboxylic acids is 2. The van der Waals surface area contributed by atoms with Crippen LogP contribution >= 0.6 is 0 Å². The van der Waals surface area contributed by atoms with Gasteiger partial charge < -0.3 is 36.9 Å². The van der Waals surface area contributed by atoms with Crippen LogP contribution in [0.25, 0.3) is 0 Å². The van der Waals surface area contributed by atoms with Crippen LogP contribution in [0.1, 0.15) is 46.2 Å². The quantitative estimate of drug-likeness (QED) is 0.173. The lowest BCUT2D eigenvalue weighted by molar-refractivity contribution is -0.143. The lowest BCUT2D eigenvalue weighted by Crippen LogP contribution is -2.59. The second-order valence-corrected chi connectivity index (χ2v) is 8.49. The van der Waals surface area contributed by atoms with E-state index in [4.69, 9.17) is 10.8 Å².